The molecule has 0 radical (unpaired) electrons. The molecule has 0 atom stereocenters. The fourth-order valence-electron chi connectivity index (χ4n) is 1.55. The zero-order valence-electron chi connectivity index (χ0n) is 10.5. The Morgan fingerprint density at radius 3 is 2.50 bits per heavy atom. The molecule has 0 aliphatic rings. The van der Waals surface area contributed by atoms with Crippen molar-refractivity contribution < 1.29 is 0 Å². The molecule has 0 unspecified atom stereocenters. The van der Waals surface area contributed by atoms with Crippen LogP contribution < -0.4 is 10.6 Å². The van der Waals surface area contributed by atoms with E-state index in [0.717, 1.165) is 25.9 Å². The van der Waals surface area contributed by atoms with Crippen LogP contribution in [0.5, 0.6) is 0 Å². The van der Waals surface area contributed by atoms with Crippen LogP contribution in [0.25, 0.3) is 0 Å². The Labute approximate surface area is 145 Å². The van der Waals surface area contributed by atoms with Crippen molar-refractivity contribution >= 4 is 72.2 Å². The number of nitrogens with one attached hydrogen (secondary N) is 2. The van der Waals surface area contributed by atoms with Gasteiger partial charge in [0.25, 0.3) is 0 Å². The third kappa shape index (κ3) is 4.19. The van der Waals surface area contributed by atoms with E-state index in [1.54, 1.807) is 0 Å². The van der Waals surface area contributed by atoms with Gasteiger partial charge >= 0.3 is 0 Å². The summed E-state index contributed by atoms with van der Waals surface area (Å²) in [4.78, 5) is 0. The second-order valence-corrected chi connectivity index (χ2v) is 6.75. The molecule has 6 heteroatoms. The van der Waals surface area contributed by atoms with Gasteiger partial charge in [0.2, 0.25) is 0 Å². The van der Waals surface area contributed by atoms with E-state index in [-0.39, 0.29) is 0 Å². The van der Waals surface area contributed by atoms with Crippen molar-refractivity contribution in [2.45, 2.75) is 6.92 Å². The van der Waals surface area contributed by atoms with Crippen LogP contribution in [-0.4, -0.2) is 5.11 Å². The van der Waals surface area contributed by atoms with Gasteiger partial charge in [-0.25, -0.2) is 0 Å². The molecule has 0 aliphatic carbocycles. The van der Waals surface area contributed by atoms with Gasteiger partial charge in [0.1, 0.15) is 0 Å². The number of aryl methyl sites for hydroxylation is 1. The normalized spacial score (nSPS) is 10.2. The molecule has 0 saturated carbocycles. The number of hydrogen-bond donors (Lipinski definition) is 2. The number of anilines is 2. The first-order chi connectivity index (χ1) is 9.45. The van der Waals surface area contributed by atoms with Crippen LogP contribution in [0.1, 0.15) is 5.56 Å². The van der Waals surface area contributed by atoms with Crippen molar-refractivity contribution in [3.63, 3.8) is 0 Å². The van der Waals surface area contributed by atoms with Gasteiger partial charge in [-0.1, -0.05) is 33.6 Å². The average Bonchev–Trinajstić information content (AvgIpc) is 2.37. The Bertz CT molecular complexity index is 662. The molecule has 0 amide bonds. The second-order valence-electron chi connectivity index (χ2n) is 4.17. The first kappa shape index (κ1) is 15.8. The fourth-order valence-corrected chi connectivity index (χ4v) is 3.10. The number of rotatable bonds is 2. The molecule has 0 fully saturated rings. The molecule has 0 bridgehead atoms. The SMILES string of the molecule is Cc1ccc(NC(=S)Nc2ccc(Br)cc2Br)cc1Cl. The minimum Gasteiger partial charge on any atom is -0.332 e. The van der Waals surface area contributed by atoms with E-state index in [4.69, 9.17) is 23.8 Å². The van der Waals surface area contributed by atoms with Crippen LogP contribution >= 0.6 is 55.7 Å². The highest BCUT2D eigenvalue weighted by Gasteiger charge is 2.04. The van der Waals surface area contributed by atoms with E-state index in [2.05, 4.69) is 42.5 Å². The third-order valence-electron chi connectivity index (χ3n) is 2.61. The molecule has 2 rings (SSSR count). The molecule has 20 heavy (non-hydrogen) atoms. The van der Waals surface area contributed by atoms with E-state index >= 15 is 0 Å². The number of benzene rings is 2. The maximum Gasteiger partial charge on any atom is 0.175 e. The Morgan fingerprint density at radius 2 is 1.85 bits per heavy atom. The largest absolute Gasteiger partial charge is 0.332 e. The summed E-state index contributed by atoms with van der Waals surface area (Å²) in [5.41, 5.74) is 2.78. The Morgan fingerprint density at radius 1 is 1.10 bits per heavy atom. The van der Waals surface area contributed by atoms with Crippen LogP contribution in [-0.2, 0) is 0 Å². The van der Waals surface area contributed by atoms with Crippen LogP contribution in [0.15, 0.2) is 45.3 Å². The molecular weight excluding hydrogens is 423 g/mol. The lowest BCUT2D eigenvalue weighted by molar-refractivity contribution is 1.46. The number of halogens is 3. The van der Waals surface area contributed by atoms with Gasteiger partial charge in [-0.3, -0.25) is 0 Å². The molecular formula is C14H11Br2ClN2S. The molecule has 0 spiro atoms. The van der Waals surface area contributed by atoms with Gasteiger partial charge in [-0.2, -0.15) is 0 Å². The van der Waals surface area contributed by atoms with Gasteiger partial charge in [0.15, 0.2) is 5.11 Å². The smallest absolute Gasteiger partial charge is 0.175 e. The summed E-state index contributed by atoms with van der Waals surface area (Å²) in [7, 11) is 0. The molecule has 104 valence electrons. The fraction of sp³-hybridized carbons (Fsp3) is 0.0714. The van der Waals surface area contributed by atoms with E-state index in [0.29, 0.717) is 10.1 Å². The topological polar surface area (TPSA) is 24.1 Å². The first-order valence-electron chi connectivity index (χ1n) is 5.75. The summed E-state index contributed by atoms with van der Waals surface area (Å²) < 4.78 is 1.93. The first-order valence-corrected chi connectivity index (χ1v) is 8.12. The second kappa shape index (κ2) is 6.89. The molecule has 2 N–H and O–H groups in total. The summed E-state index contributed by atoms with van der Waals surface area (Å²) in [5.74, 6) is 0. The molecule has 2 nitrogen and oxygen atoms in total. The van der Waals surface area contributed by atoms with Gasteiger partial charge < -0.3 is 10.6 Å². The predicted molar refractivity (Wildman–Crippen MR) is 97.9 cm³/mol. The number of hydrogen-bond acceptors (Lipinski definition) is 1. The minimum atomic E-state index is 0.507. The quantitative estimate of drug-likeness (QED) is 0.569. The lowest BCUT2D eigenvalue weighted by Crippen LogP contribution is -2.19. The molecule has 0 heterocycles. The third-order valence-corrected chi connectivity index (χ3v) is 4.37. The van der Waals surface area contributed by atoms with Crippen molar-refractivity contribution in [1.82, 2.24) is 0 Å². The van der Waals surface area contributed by atoms with E-state index in [9.17, 15) is 0 Å². The Hall–Kier alpha value is -0.620. The highest BCUT2D eigenvalue weighted by Crippen LogP contribution is 2.26. The van der Waals surface area contributed by atoms with Gasteiger partial charge in [-0.05, 0) is 71.0 Å². The molecule has 2 aromatic rings. The summed E-state index contributed by atoms with van der Waals surface area (Å²) in [5, 5.41) is 7.45. The lowest BCUT2D eigenvalue weighted by Gasteiger charge is -2.12. The van der Waals surface area contributed by atoms with Crippen molar-refractivity contribution in [3.05, 3.63) is 55.9 Å². The van der Waals surface area contributed by atoms with Crippen molar-refractivity contribution in [2.24, 2.45) is 0 Å². The summed E-state index contributed by atoms with van der Waals surface area (Å²) in [6, 6.07) is 11.6. The summed E-state index contributed by atoms with van der Waals surface area (Å²) in [6.07, 6.45) is 0. The van der Waals surface area contributed by atoms with E-state index in [1.807, 2.05) is 43.3 Å². The summed E-state index contributed by atoms with van der Waals surface area (Å²) in [6.45, 7) is 1.96. The number of thiocarbonyl (C=S) groups is 1. The van der Waals surface area contributed by atoms with E-state index < -0.39 is 0 Å². The molecule has 0 aromatic heterocycles. The Balaban J connectivity index is 2.07. The molecule has 0 saturated heterocycles. The maximum absolute atomic E-state index is 6.08. The van der Waals surface area contributed by atoms with Crippen molar-refractivity contribution in [3.8, 4) is 0 Å². The van der Waals surface area contributed by atoms with E-state index in [1.165, 1.54) is 0 Å². The predicted octanol–water partition coefficient (Wildman–Crippen LogP) is 5.98. The van der Waals surface area contributed by atoms with Crippen molar-refractivity contribution in [2.75, 3.05) is 10.6 Å². The van der Waals surface area contributed by atoms with Crippen LogP contribution in [0.4, 0.5) is 11.4 Å². The minimum absolute atomic E-state index is 0.507. The van der Waals surface area contributed by atoms with Gasteiger partial charge in [-0.15, -0.1) is 0 Å². The lowest BCUT2D eigenvalue weighted by atomic mass is 10.2. The van der Waals surface area contributed by atoms with Gasteiger partial charge in [0, 0.05) is 19.7 Å². The van der Waals surface area contributed by atoms with Crippen LogP contribution in [0.2, 0.25) is 5.02 Å². The zero-order chi connectivity index (χ0) is 14.7. The monoisotopic (exact) mass is 432 g/mol. The van der Waals surface area contributed by atoms with Crippen LogP contribution in [0, 0.1) is 6.92 Å². The standard InChI is InChI=1S/C14H11Br2ClN2S/c1-8-2-4-10(7-12(8)17)18-14(20)19-13-5-3-9(15)6-11(13)16/h2-7H,1H3,(H2,18,19,20). The maximum atomic E-state index is 6.08. The highest BCUT2D eigenvalue weighted by molar-refractivity contribution is 9.11. The molecule has 0 aliphatic heterocycles. The average molecular weight is 435 g/mol. The Kier molecular flexibility index (Phi) is 5.43. The molecule has 2 aromatic carbocycles. The van der Waals surface area contributed by atoms with Crippen molar-refractivity contribution in [1.29, 1.82) is 0 Å². The van der Waals surface area contributed by atoms with Gasteiger partial charge in [0.05, 0.1) is 5.69 Å². The summed E-state index contributed by atoms with van der Waals surface area (Å²) >= 11 is 18.3. The highest BCUT2D eigenvalue weighted by atomic mass is 79.9. The van der Waals surface area contributed by atoms with Crippen LogP contribution in [0.3, 0.4) is 0 Å². The zero-order valence-corrected chi connectivity index (χ0v) is 15.3.